The van der Waals surface area contributed by atoms with Crippen LogP contribution in [0.2, 0.25) is 26.2 Å². The standard InChI is InChI=1S/C56H48N6OSi2/c1-37-25-27-57-55(29-37)61-51-19-9-7-17-45(51)47-23-21-43(33-53(47)61)64(3,4)41-15-11-13-38(30-41)49-35-60-50(36-59-49)39-14-12-16-42(31-39)65(5,6)44-22-24-48-46-18-8-10-20-52(46)62(54(48)34-44)56-32-40(63-2)26-28-58-56/h7-36H,1-6H3. The van der Waals surface area contributed by atoms with Gasteiger partial charge in [-0.3, -0.25) is 19.1 Å². The predicted octanol–water partition coefficient (Wildman–Crippen LogP) is 10.8. The fourth-order valence-electron chi connectivity index (χ4n) is 9.60. The average molecular weight is 877 g/mol. The Kier molecular flexibility index (Phi) is 9.71. The maximum absolute atomic E-state index is 5.60. The SMILES string of the molecule is COc1ccnc(-n2c3ccccc3c3ccc([Si](C)(C)c4cccc(-c5cnc(-c6cccc([Si](C)(C)c7ccc8c9ccccc9n(-c9cc(C)ccn9)c8c7)c6)cn5)c4)cc32)c1. The summed E-state index contributed by atoms with van der Waals surface area (Å²) in [6.07, 6.45) is 7.57. The molecule has 316 valence electrons. The van der Waals surface area contributed by atoms with Gasteiger partial charge in [0.05, 0.1) is 53.0 Å². The van der Waals surface area contributed by atoms with Gasteiger partial charge in [0.25, 0.3) is 0 Å². The van der Waals surface area contributed by atoms with E-state index in [9.17, 15) is 0 Å². The minimum absolute atomic E-state index is 0.779. The fraction of sp³-hybridized carbons (Fsp3) is 0.107. The Labute approximate surface area is 380 Å². The lowest BCUT2D eigenvalue weighted by Crippen LogP contribution is -2.52. The Hall–Kier alpha value is -7.47. The highest BCUT2D eigenvalue weighted by Gasteiger charge is 2.30. The summed E-state index contributed by atoms with van der Waals surface area (Å²) in [4.78, 5) is 19.7. The van der Waals surface area contributed by atoms with E-state index >= 15 is 0 Å². The molecule has 7 nitrogen and oxygen atoms in total. The molecule has 0 radical (unpaired) electrons. The van der Waals surface area contributed by atoms with Crippen LogP contribution in [-0.4, -0.2) is 52.3 Å². The van der Waals surface area contributed by atoms with Gasteiger partial charge in [0.15, 0.2) is 0 Å². The number of hydrogen-bond acceptors (Lipinski definition) is 5. The lowest BCUT2D eigenvalue weighted by molar-refractivity contribution is 0.414. The summed E-state index contributed by atoms with van der Waals surface area (Å²) in [5.41, 5.74) is 9.65. The first-order valence-corrected chi connectivity index (χ1v) is 28.1. The third-order valence-electron chi connectivity index (χ3n) is 13.5. The lowest BCUT2D eigenvalue weighted by Gasteiger charge is -2.25. The summed E-state index contributed by atoms with van der Waals surface area (Å²) in [6.45, 7) is 11.9. The van der Waals surface area contributed by atoms with Gasteiger partial charge in [-0.05, 0) is 55.0 Å². The van der Waals surface area contributed by atoms with Crippen LogP contribution >= 0.6 is 0 Å². The van der Waals surface area contributed by atoms with Crippen molar-refractivity contribution in [3.05, 3.63) is 188 Å². The van der Waals surface area contributed by atoms with Crippen molar-refractivity contribution in [3.63, 3.8) is 0 Å². The van der Waals surface area contributed by atoms with Gasteiger partial charge in [0.2, 0.25) is 0 Å². The number of nitrogens with zero attached hydrogens (tertiary/aromatic N) is 6. The first kappa shape index (κ1) is 40.3. The number of pyridine rings is 2. The van der Waals surface area contributed by atoms with E-state index in [0.29, 0.717) is 0 Å². The number of benzene rings is 6. The van der Waals surface area contributed by atoms with Crippen LogP contribution < -0.4 is 25.5 Å². The van der Waals surface area contributed by atoms with E-state index in [1.54, 1.807) is 7.11 Å². The van der Waals surface area contributed by atoms with Gasteiger partial charge in [-0.2, -0.15) is 0 Å². The zero-order chi connectivity index (χ0) is 44.5. The zero-order valence-electron chi connectivity index (χ0n) is 37.4. The number of methoxy groups -OCH3 is 1. The Morgan fingerprint density at radius 1 is 0.415 bits per heavy atom. The molecule has 5 aromatic heterocycles. The van der Waals surface area contributed by atoms with Gasteiger partial charge < -0.3 is 4.74 Å². The highest BCUT2D eigenvalue weighted by atomic mass is 28.3. The van der Waals surface area contributed by atoms with Gasteiger partial charge in [-0.1, -0.05) is 156 Å². The molecule has 0 spiro atoms. The molecule has 0 fully saturated rings. The van der Waals surface area contributed by atoms with Crippen molar-refractivity contribution in [2.24, 2.45) is 0 Å². The van der Waals surface area contributed by atoms with Crippen LogP contribution in [-0.2, 0) is 0 Å². The van der Waals surface area contributed by atoms with Gasteiger partial charge in [0.1, 0.15) is 33.5 Å². The molecule has 5 heterocycles. The number of hydrogen-bond donors (Lipinski definition) is 0. The van der Waals surface area contributed by atoms with E-state index in [0.717, 1.165) is 50.9 Å². The van der Waals surface area contributed by atoms with Crippen molar-refractivity contribution < 1.29 is 4.74 Å². The number of rotatable bonds is 9. The molecule has 0 N–H and O–H groups in total. The fourth-order valence-corrected chi connectivity index (χ4v) is 14.3. The number of aromatic nitrogens is 6. The van der Waals surface area contributed by atoms with E-state index in [2.05, 4.69) is 188 Å². The van der Waals surface area contributed by atoms with Crippen LogP contribution in [0.1, 0.15) is 5.56 Å². The normalized spacial score (nSPS) is 12.2. The van der Waals surface area contributed by atoms with Crippen LogP contribution in [0.4, 0.5) is 0 Å². The molecule has 0 saturated carbocycles. The van der Waals surface area contributed by atoms with Gasteiger partial charge in [-0.25, -0.2) is 9.97 Å². The highest BCUT2D eigenvalue weighted by molar-refractivity contribution is 7.01. The van der Waals surface area contributed by atoms with Gasteiger partial charge in [0, 0.05) is 51.1 Å². The van der Waals surface area contributed by atoms with Crippen LogP contribution in [0.5, 0.6) is 5.75 Å². The molecule has 0 bridgehead atoms. The number of ether oxygens (including phenoxy) is 1. The number of aryl methyl sites for hydroxylation is 1. The van der Waals surface area contributed by atoms with E-state index in [1.165, 1.54) is 58.9 Å². The molecule has 0 atom stereocenters. The second-order valence-corrected chi connectivity index (χ2v) is 26.9. The minimum atomic E-state index is -2.20. The van der Waals surface area contributed by atoms with Crippen LogP contribution in [0.15, 0.2) is 183 Å². The molecule has 11 rings (SSSR count). The van der Waals surface area contributed by atoms with E-state index in [1.807, 2.05) is 36.9 Å². The average Bonchev–Trinajstić information content (AvgIpc) is 3.86. The predicted molar refractivity (Wildman–Crippen MR) is 275 cm³/mol. The minimum Gasteiger partial charge on any atom is -0.497 e. The monoisotopic (exact) mass is 876 g/mol. The summed E-state index contributed by atoms with van der Waals surface area (Å²) in [7, 11) is -2.68. The van der Waals surface area contributed by atoms with Crippen LogP contribution in [0.25, 0.3) is 77.8 Å². The van der Waals surface area contributed by atoms with Crippen molar-refractivity contribution in [2.45, 2.75) is 33.1 Å². The molecule has 0 aliphatic heterocycles. The van der Waals surface area contributed by atoms with Gasteiger partial charge >= 0.3 is 0 Å². The quantitative estimate of drug-likeness (QED) is 0.135. The Balaban J connectivity index is 0.898. The van der Waals surface area contributed by atoms with E-state index in [4.69, 9.17) is 24.7 Å². The molecule has 0 unspecified atom stereocenters. The Morgan fingerprint density at radius 2 is 0.877 bits per heavy atom. The Bertz CT molecular complexity index is 3630. The van der Waals surface area contributed by atoms with Crippen molar-refractivity contribution in [1.29, 1.82) is 0 Å². The number of fused-ring (bicyclic) bond motifs is 6. The molecule has 65 heavy (non-hydrogen) atoms. The summed E-state index contributed by atoms with van der Waals surface area (Å²) in [5.74, 6) is 2.56. The van der Waals surface area contributed by atoms with E-state index in [-0.39, 0.29) is 0 Å². The topological polar surface area (TPSA) is 70.7 Å². The van der Waals surface area contributed by atoms with Crippen molar-refractivity contribution in [1.82, 2.24) is 29.1 Å². The second-order valence-electron chi connectivity index (χ2n) is 18.1. The summed E-state index contributed by atoms with van der Waals surface area (Å²) in [5, 5.41) is 10.3. The molecule has 0 aliphatic rings. The molecule has 11 aromatic rings. The summed E-state index contributed by atoms with van der Waals surface area (Å²) < 4.78 is 10.2. The first-order valence-electron chi connectivity index (χ1n) is 22.1. The Morgan fingerprint density at radius 3 is 1.37 bits per heavy atom. The molecule has 0 amide bonds. The lowest BCUT2D eigenvalue weighted by atomic mass is 10.1. The largest absolute Gasteiger partial charge is 0.497 e. The molecule has 0 aliphatic carbocycles. The van der Waals surface area contributed by atoms with Crippen molar-refractivity contribution in [2.75, 3.05) is 7.11 Å². The molecular formula is C56H48N6OSi2. The van der Waals surface area contributed by atoms with Gasteiger partial charge in [-0.15, -0.1) is 0 Å². The van der Waals surface area contributed by atoms with Crippen molar-refractivity contribution in [3.8, 4) is 39.9 Å². The smallest absolute Gasteiger partial charge is 0.141 e. The first-order chi connectivity index (χ1) is 31.6. The van der Waals surface area contributed by atoms with Crippen molar-refractivity contribution >= 4 is 80.5 Å². The second kappa shape index (κ2) is 15.7. The number of para-hydroxylation sites is 2. The maximum Gasteiger partial charge on any atom is 0.141 e. The summed E-state index contributed by atoms with van der Waals surface area (Å²) >= 11 is 0. The maximum atomic E-state index is 5.60. The summed E-state index contributed by atoms with van der Waals surface area (Å²) in [6, 6.07) is 57.2. The van der Waals surface area contributed by atoms with Crippen LogP contribution in [0.3, 0.4) is 0 Å². The highest BCUT2D eigenvalue weighted by Crippen LogP contribution is 2.34. The molecule has 0 saturated heterocycles. The molecule has 9 heteroatoms. The molecule has 6 aromatic carbocycles. The third kappa shape index (κ3) is 6.86. The molecular weight excluding hydrogens is 829 g/mol. The third-order valence-corrected chi connectivity index (χ3v) is 20.5. The van der Waals surface area contributed by atoms with E-state index < -0.39 is 16.1 Å². The van der Waals surface area contributed by atoms with Crippen LogP contribution in [0, 0.1) is 6.92 Å². The zero-order valence-corrected chi connectivity index (χ0v) is 39.4.